The summed E-state index contributed by atoms with van der Waals surface area (Å²) in [5.41, 5.74) is 5.50. The predicted octanol–water partition coefficient (Wildman–Crippen LogP) is 5.94. The Morgan fingerprint density at radius 2 is 1.59 bits per heavy atom. The van der Waals surface area contributed by atoms with Crippen LogP contribution in [-0.4, -0.2) is 26.2 Å². The molecule has 0 amide bonds. The van der Waals surface area contributed by atoms with Crippen molar-refractivity contribution < 1.29 is 4.74 Å². The van der Waals surface area contributed by atoms with E-state index < -0.39 is 0 Å². The molecule has 1 saturated carbocycles. The van der Waals surface area contributed by atoms with E-state index in [-0.39, 0.29) is 5.41 Å². The van der Waals surface area contributed by atoms with Crippen molar-refractivity contribution >= 4 is 0 Å². The highest BCUT2D eigenvalue weighted by Gasteiger charge is 2.36. The molecular weight excluding hydrogens is 392 g/mol. The van der Waals surface area contributed by atoms with Crippen molar-refractivity contribution in [1.82, 2.24) is 10.6 Å². The lowest BCUT2D eigenvalue weighted by atomic mass is 9.68. The van der Waals surface area contributed by atoms with E-state index in [2.05, 4.69) is 90.4 Å². The highest BCUT2D eigenvalue weighted by atomic mass is 16.5. The molecular formula is C29H36N2O. The topological polar surface area (TPSA) is 33.3 Å². The average molecular weight is 429 g/mol. The molecule has 3 aromatic rings. The van der Waals surface area contributed by atoms with Gasteiger partial charge in [-0.3, -0.25) is 0 Å². The lowest BCUT2D eigenvalue weighted by Gasteiger charge is -2.41. The lowest BCUT2D eigenvalue weighted by molar-refractivity contribution is 0.238. The van der Waals surface area contributed by atoms with E-state index in [0.29, 0.717) is 6.04 Å². The van der Waals surface area contributed by atoms with Gasteiger partial charge in [-0.15, -0.1) is 0 Å². The maximum absolute atomic E-state index is 5.51. The van der Waals surface area contributed by atoms with Gasteiger partial charge in [-0.2, -0.15) is 0 Å². The number of hydrogen-bond donors (Lipinski definition) is 2. The Morgan fingerprint density at radius 1 is 0.875 bits per heavy atom. The number of nitrogens with one attached hydrogen (secondary N) is 2. The summed E-state index contributed by atoms with van der Waals surface area (Å²) >= 11 is 0. The van der Waals surface area contributed by atoms with Crippen molar-refractivity contribution in [1.29, 1.82) is 0 Å². The Labute approximate surface area is 193 Å². The van der Waals surface area contributed by atoms with Crippen molar-refractivity contribution in [2.75, 3.05) is 20.2 Å². The molecule has 0 radical (unpaired) electrons. The van der Waals surface area contributed by atoms with Gasteiger partial charge < -0.3 is 15.4 Å². The lowest BCUT2D eigenvalue weighted by Crippen LogP contribution is -2.45. The molecule has 0 atom stereocenters. The second kappa shape index (κ2) is 10.8. The van der Waals surface area contributed by atoms with Crippen LogP contribution in [-0.2, 0) is 12.0 Å². The fourth-order valence-electron chi connectivity index (χ4n) is 4.97. The zero-order valence-electron chi connectivity index (χ0n) is 19.4. The van der Waals surface area contributed by atoms with E-state index in [1.54, 1.807) is 7.11 Å². The van der Waals surface area contributed by atoms with Gasteiger partial charge in [-0.05, 0) is 66.6 Å². The van der Waals surface area contributed by atoms with Gasteiger partial charge >= 0.3 is 0 Å². The molecule has 0 bridgehead atoms. The first-order chi connectivity index (χ1) is 15.7. The zero-order valence-corrected chi connectivity index (χ0v) is 19.4. The van der Waals surface area contributed by atoms with Crippen molar-refractivity contribution in [3.63, 3.8) is 0 Å². The molecule has 0 saturated heterocycles. The molecule has 0 heterocycles. The van der Waals surface area contributed by atoms with Crippen LogP contribution in [0.3, 0.4) is 0 Å². The molecule has 32 heavy (non-hydrogen) atoms. The van der Waals surface area contributed by atoms with Crippen LogP contribution >= 0.6 is 0 Å². The molecule has 168 valence electrons. The zero-order chi connectivity index (χ0) is 22.2. The summed E-state index contributed by atoms with van der Waals surface area (Å²) in [6, 6.07) is 28.8. The van der Waals surface area contributed by atoms with Crippen LogP contribution in [0.2, 0.25) is 0 Å². The van der Waals surface area contributed by atoms with Crippen molar-refractivity contribution in [2.24, 2.45) is 0 Å². The van der Waals surface area contributed by atoms with Gasteiger partial charge in [0.2, 0.25) is 0 Å². The van der Waals surface area contributed by atoms with E-state index in [0.717, 1.165) is 25.4 Å². The molecule has 1 aliphatic rings. The van der Waals surface area contributed by atoms with E-state index in [9.17, 15) is 0 Å². The third-order valence-electron chi connectivity index (χ3n) is 6.99. The minimum Gasteiger partial charge on any atom is -0.497 e. The maximum atomic E-state index is 5.51. The monoisotopic (exact) mass is 428 g/mol. The molecule has 4 rings (SSSR count). The van der Waals surface area contributed by atoms with Crippen molar-refractivity contribution in [2.45, 2.75) is 50.6 Å². The van der Waals surface area contributed by atoms with Gasteiger partial charge in [0.05, 0.1) is 7.11 Å². The first kappa shape index (κ1) is 22.6. The number of rotatable bonds is 9. The molecule has 0 unspecified atom stereocenters. The van der Waals surface area contributed by atoms with Crippen LogP contribution in [0, 0.1) is 0 Å². The number of likely N-dealkylation sites (N-methyl/N-ethyl adjacent to an activating group) is 1. The fourth-order valence-corrected chi connectivity index (χ4v) is 4.97. The second-order valence-electron chi connectivity index (χ2n) is 9.01. The molecule has 2 N–H and O–H groups in total. The fraction of sp³-hybridized carbons (Fsp3) is 0.379. The van der Waals surface area contributed by atoms with Crippen LogP contribution in [0.15, 0.2) is 78.9 Å². The van der Waals surface area contributed by atoms with Gasteiger partial charge in [0.15, 0.2) is 0 Å². The Hall–Kier alpha value is -2.62. The number of methoxy groups -OCH3 is 1. The molecule has 0 aliphatic heterocycles. The maximum Gasteiger partial charge on any atom is 0.119 e. The Kier molecular flexibility index (Phi) is 7.62. The van der Waals surface area contributed by atoms with E-state index >= 15 is 0 Å². The summed E-state index contributed by atoms with van der Waals surface area (Å²) in [4.78, 5) is 0. The second-order valence-corrected chi connectivity index (χ2v) is 9.01. The molecule has 3 aromatic carbocycles. The molecule has 1 aliphatic carbocycles. The van der Waals surface area contributed by atoms with E-state index in [1.807, 2.05) is 6.07 Å². The molecule has 3 nitrogen and oxygen atoms in total. The van der Waals surface area contributed by atoms with Crippen molar-refractivity contribution in [3.8, 4) is 16.9 Å². The van der Waals surface area contributed by atoms with Crippen LogP contribution in [0.4, 0.5) is 0 Å². The molecule has 0 aromatic heterocycles. The van der Waals surface area contributed by atoms with Gasteiger partial charge in [0.25, 0.3) is 0 Å². The Balaban J connectivity index is 1.35. The summed E-state index contributed by atoms with van der Waals surface area (Å²) in [5.74, 6) is 0.956. The SMILES string of the molecule is CCNCC1(c2cccc(OC)c2)CCC(NCc2ccc(-c3ccccc3)cc2)CC1. The van der Waals surface area contributed by atoms with Gasteiger partial charge in [-0.1, -0.05) is 73.7 Å². The number of ether oxygens (including phenoxy) is 1. The van der Waals surface area contributed by atoms with E-state index in [1.165, 1.54) is 47.9 Å². The predicted molar refractivity (Wildman–Crippen MR) is 134 cm³/mol. The molecule has 1 fully saturated rings. The van der Waals surface area contributed by atoms with Crippen LogP contribution in [0.5, 0.6) is 5.75 Å². The number of hydrogen-bond acceptors (Lipinski definition) is 3. The summed E-state index contributed by atoms with van der Waals surface area (Å²) in [6.45, 7) is 5.16. The highest BCUT2D eigenvalue weighted by molar-refractivity contribution is 5.63. The van der Waals surface area contributed by atoms with Crippen LogP contribution < -0.4 is 15.4 Å². The largest absolute Gasteiger partial charge is 0.497 e. The first-order valence-corrected chi connectivity index (χ1v) is 12.0. The van der Waals surface area contributed by atoms with Gasteiger partial charge in [-0.25, -0.2) is 0 Å². The normalized spacial score (nSPS) is 20.8. The van der Waals surface area contributed by atoms with E-state index in [4.69, 9.17) is 4.74 Å². The standard InChI is InChI=1S/C29H36N2O/c1-3-30-22-29(26-10-7-11-28(20-26)32-2)18-16-27(17-19-29)31-21-23-12-14-25(15-13-23)24-8-5-4-6-9-24/h4-15,20,27,30-31H,3,16-19,21-22H2,1-2H3. The smallest absolute Gasteiger partial charge is 0.119 e. The van der Waals surface area contributed by atoms with Gasteiger partial charge in [0.1, 0.15) is 5.75 Å². The van der Waals surface area contributed by atoms with Gasteiger partial charge in [0, 0.05) is 24.5 Å². The minimum atomic E-state index is 0.195. The van der Waals surface area contributed by atoms with Crippen LogP contribution in [0.25, 0.3) is 11.1 Å². The minimum absolute atomic E-state index is 0.195. The van der Waals surface area contributed by atoms with Crippen molar-refractivity contribution in [3.05, 3.63) is 90.0 Å². The average Bonchev–Trinajstić information content (AvgIpc) is 2.88. The summed E-state index contributed by atoms with van der Waals surface area (Å²) in [7, 11) is 1.75. The number of benzene rings is 3. The molecule has 0 spiro atoms. The Bertz CT molecular complexity index is 960. The quantitative estimate of drug-likeness (QED) is 0.442. The third-order valence-corrected chi connectivity index (χ3v) is 6.99. The summed E-state index contributed by atoms with van der Waals surface area (Å²) in [6.07, 6.45) is 4.78. The molecule has 3 heteroatoms. The highest BCUT2D eigenvalue weighted by Crippen LogP contribution is 2.40. The summed E-state index contributed by atoms with van der Waals surface area (Å²) < 4.78 is 5.51. The van der Waals surface area contributed by atoms with Crippen LogP contribution in [0.1, 0.15) is 43.7 Å². The third kappa shape index (κ3) is 5.40. The first-order valence-electron chi connectivity index (χ1n) is 12.0. The Morgan fingerprint density at radius 3 is 2.28 bits per heavy atom. The summed E-state index contributed by atoms with van der Waals surface area (Å²) in [5, 5.41) is 7.44.